The smallest absolute Gasteiger partial charge is 0.310 e. The molecule has 0 N–H and O–H groups in total. The van der Waals surface area contributed by atoms with Crippen LogP contribution >= 0.6 is 0 Å². The first-order valence-corrected chi connectivity index (χ1v) is 9.46. The highest BCUT2D eigenvalue weighted by molar-refractivity contribution is 5.97. The van der Waals surface area contributed by atoms with Gasteiger partial charge < -0.3 is 14.5 Å². The summed E-state index contributed by atoms with van der Waals surface area (Å²) in [5, 5.41) is 0. The molecule has 0 unspecified atom stereocenters. The number of benzene rings is 1. The van der Waals surface area contributed by atoms with Crippen LogP contribution in [0.25, 0.3) is 0 Å². The van der Waals surface area contributed by atoms with Crippen LogP contribution in [0.2, 0.25) is 0 Å². The Balaban J connectivity index is 1.66. The van der Waals surface area contributed by atoms with Crippen molar-refractivity contribution in [1.82, 2.24) is 4.90 Å². The molecule has 0 saturated carbocycles. The van der Waals surface area contributed by atoms with Crippen LogP contribution in [0.3, 0.4) is 0 Å². The summed E-state index contributed by atoms with van der Waals surface area (Å²) in [5.41, 5.74) is 1.43. The summed E-state index contributed by atoms with van der Waals surface area (Å²) in [7, 11) is 0. The molecule has 0 bridgehead atoms. The second kappa shape index (κ2) is 8.34. The topological polar surface area (TPSA) is 66.9 Å². The van der Waals surface area contributed by atoms with E-state index in [1.165, 1.54) is 0 Å². The molecule has 0 aliphatic carbocycles. The van der Waals surface area contributed by atoms with Crippen LogP contribution in [0.5, 0.6) is 0 Å². The van der Waals surface area contributed by atoms with Gasteiger partial charge in [-0.3, -0.25) is 14.4 Å². The number of piperidine rings is 2. The fourth-order valence-electron chi connectivity index (χ4n) is 3.66. The Morgan fingerprint density at radius 1 is 1.12 bits per heavy atom. The molecule has 2 fully saturated rings. The number of nitrogens with zero attached hydrogens (tertiary/aromatic N) is 2. The van der Waals surface area contributed by atoms with Gasteiger partial charge in [-0.25, -0.2) is 0 Å². The Bertz CT molecular complexity index is 671. The zero-order valence-electron chi connectivity index (χ0n) is 15.3. The molecule has 2 heterocycles. The monoisotopic (exact) mass is 358 g/mol. The van der Waals surface area contributed by atoms with E-state index in [9.17, 15) is 14.4 Å². The molecule has 2 amide bonds. The van der Waals surface area contributed by atoms with E-state index in [-0.39, 0.29) is 23.7 Å². The van der Waals surface area contributed by atoms with Crippen LogP contribution in [0.1, 0.15) is 49.4 Å². The third-order valence-corrected chi connectivity index (χ3v) is 5.08. The molecule has 6 heteroatoms. The molecule has 140 valence electrons. The van der Waals surface area contributed by atoms with Crippen molar-refractivity contribution in [3.05, 3.63) is 29.8 Å². The summed E-state index contributed by atoms with van der Waals surface area (Å²) >= 11 is 0. The van der Waals surface area contributed by atoms with Gasteiger partial charge in [-0.05, 0) is 56.9 Å². The molecule has 0 spiro atoms. The van der Waals surface area contributed by atoms with E-state index >= 15 is 0 Å². The van der Waals surface area contributed by atoms with Gasteiger partial charge in [-0.1, -0.05) is 0 Å². The first-order chi connectivity index (χ1) is 12.6. The largest absolute Gasteiger partial charge is 0.466 e. The Kier molecular flexibility index (Phi) is 5.91. The standard InChI is InChI=1S/C20H26N2O4/c1-2-26-20(25)16-6-5-12-21(14-16)19(24)15-8-10-17(11-9-15)22-13-4-3-7-18(22)23/h8-11,16H,2-7,12-14H2,1H3/t16-/m0/s1. The fraction of sp³-hybridized carbons (Fsp3) is 0.550. The minimum absolute atomic E-state index is 0.0736. The van der Waals surface area contributed by atoms with Crippen molar-refractivity contribution in [3.63, 3.8) is 0 Å². The van der Waals surface area contributed by atoms with Crippen molar-refractivity contribution in [2.75, 3.05) is 31.1 Å². The number of ether oxygens (including phenoxy) is 1. The third kappa shape index (κ3) is 4.06. The lowest BCUT2D eigenvalue weighted by Crippen LogP contribution is -2.42. The van der Waals surface area contributed by atoms with E-state index in [2.05, 4.69) is 0 Å². The lowest BCUT2D eigenvalue weighted by Gasteiger charge is -2.32. The quantitative estimate of drug-likeness (QED) is 0.776. The summed E-state index contributed by atoms with van der Waals surface area (Å²) in [6.07, 6.45) is 4.11. The SMILES string of the molecule is CCOC(=O)[C@H]1CCCN(C(=O)c2ccc(N3CCCCC3=O)cc2)C1. The zero-order chi connectivity index (χ0) is 18.5. The number of carbonyl (C=O) groups is 3. The molecule has 1 aromatic carbocycles. The molecule has 26 heavy (non-hydrogen) atoms. The molecule has 0 aromatic heterocycles. The molecular formula is C20H26N2O4. The van der Waals surface area contributed by atoms with Crippen LogP contribution in [0, 0.1) is 5.92 Å². The van der Waals surface area contributed by atoms with Crippen molar-refractivity contribution < 1.29 is 19.1 Å². The number of hydrogen-bond donors (Lipinski definition) is 0. The maximum absolute atomic E-state index is 12.8. The predicted molar refractivity (Wildman–Crippen MR) is 97.9 cm³/mol. The third-order valence-electron chi connectivity index (χ3n) is 5.08. The molecule has 0 radical (unpaired) electrons. The van der Waals surface area contributed by atoms with Crippen LogP contribution in [-0.4, -0.2) is 48.9 Å². The van der Waals surface area contributed by atoms with Gasteiger partial charge in [0.25, 0.3) is 5.91 Å². The molecule has 3 rings (SSSR count). The van der Waals surface area contributed by atoms with Crippen LogP contribution in [0.4, 0.5) is 5.69 Å². The number of carbonyl (C=O) groups excluding carboxylic acids is 3. The number of rotatable bonds is 4. The molecule has 2 aliphatic rings. The van der Waals surface area contributed by atoms with E-state index in [4.69, 9.17) is 4.74 Å². The van der Waals surface area contributed by atoms with Crippen molar-refractivity contribution in [1.29, 1.82) is 0 Å². The molecule has 6 nitrogen and oxygen atoms in total. The minimum atomic E-state index is -0.238. The maximum Gasteiger partial charge on any atom is 0.310 e. The summed E-state index contributed by atoms with van der Waals surface area (Å²) in [5.74, 6) is -0.388. The molecule has 2 saturated heterocycles. The Morgan fingerprint density at radius 3 is 2.58 bits per heavy atom. The normalized spacial score (nSPS) is 20.8. The fourth-order valence-corrected chi connectivity index (χ4v) is 3.66. The molecule has 2 aliphatic heterocycles. The van der Waals surface area contributed by atoms with Gasteiger partial charge in [-0.2, -0.15) is 0 Å². The van der Waals surface area contributed by atoms with Gasteiger partial charge in [0, 0.05) is 37.3 Å². The lowest BCUT2D eigenvalue weighted by molar-refractivity contribution is -0.149. The van der Waals surface area contributed by atoms with Gasteiger partial charge in [0.05, 0.1) is 12.5 Å². The van der Waals surface area contributed by atoms with Crippen molar-refractivity contribution >= 4 is 23.5 Å². The number of anilines is 1. The average molecular weight is 358 g/mol. The summed E-state index contributed by atoms with van der Waals surface area (Å²) in [4.78, 5) is 40.3. The predicted octanol–water partition coefficient (Wildman–Crippen LogP) is 2.62. The number of esters is 1. The summed E-state index contributed by atoms with van der Waals surface area (Å²) in [6.45, 7) is 3.95. The lowest BCUT2D eigenvalue weighted by atomic mass is 9.97. The summed E-state index contributed by atoms with van der Waals surface area (Å²) < 4.78 is 5.09. The Labute approximate surface area is 154 Å². The van der Waals surface area contributed by atoms with E-state index in [1.807, 2.05) is 12.1 Å². The van der Waals surface area contributed by atoms with E-state index in [1.54, 1.807) is 28.9 Å². The van der Waals surface area contributed by atoms with Crippen molar-refractivity contribution in [3.8, 4) is 0 Å². The zero-order valence-corrected chi connectivity index (χ0v) is 15.3. The number of amides is 2. The first-order valence-electron chi connectivity index (χ1n) is 9.46. The van der Waals surface area contributed by atoms with Gasteiger partial charge >= 0.3 is 5.97 Å². The second-order valence-corrected chi connectivity index (χ2v) is 6.89. The van der Waals surface area contributed by atoms with Crippen LogP contribution < -0.4 is 4.90 Å². The van der Waals surface area contributed by atoms with Gasteiger partial charge in [0.2, 0.25) is 5.91 Å². The number of likely N-dealkylation sites (tertiary alicyclic amines) is 1. The van der Waals surface area contributed by atoms with Gasteiger partial charge in [0.1, 0.15) is 0 Å². The molecule has 1 atom stereocenters. The van der Waals surface area contributed by atoms with E-state index in [0.717, 1.165) is 37.9 Å². The highest BCUT2D eigenvalue weighted by atomic mass is 16.5. The van der Waals surface area contributed by atoms with Gasteiger partial charge in [-0.15, -0.1) is 0 Å². The summed E-state index contributed by atoms with van der Waals surface area (Å²) in [6, 6.07) is 7.22. The van der Waals surface area contributed by atoms with Crippen molar-refractivity contribution in [2.24, 2.45) is 5.92 Å². The van der Waals surface area contributed by atoms with Crippen molar-refractivity contribution in [2.45, 2.75) is 39.0 Å². The van der Waals surface area contributed by atoms with E-state index in [0.29, 0.717) is 31.7 Å². The number of hydrogen-bond acceptors (Lipinski definition) is 4. The Morgan fingerprint density at radius 2 is 1.88 bits per heavy atom. The average Bonchev–Trinajstić information content (AvgIpc) is 2.68. The van der Waals surface area contributed by atoms with E-state index < -0.39 is 0 Å². The minimum Gasteiger partial charge on any atom is -0.466 e. The maximum atomic E-state index is 12.8. The first kappa shape index (κ1) is 18.4. The highest BCUT2D eigenvalue weighted by Crippen LogP contribution is 2.23. The van der Waals surface area contributed by atoms with Crippen LogP contribution in [0.15, 0.2) is 24.3 Å². The molecule has 1 aromatic rings. The van der Waals surface area contributed by atoms with Crippen LogP contribution in [-0.2, 0) is 14.3 Å². The Hall–Kier alpha value is -2.37. The molecular weight excluding hydrogens is 332 g/mol. The van der Waals surface area contributed by atoms with Gasteiger partial charge in [0.15, 0.2) is 0 Å². The second-order valence-electron chi connectivity index (χ2n) is 6.89. The highest BCUT2D eigenvalue weighted by Gasteiger charge is 2.30.